The van der Waals surface area contributed by atoms with Crippen molar-refractivity contribution in [1.29, 1.82) is 0 Å². The van der Waals surface area contributed by atoms with Crippen LogP contribution in [-0.4, -0.2) is 54.7 Å². The Labute approximate surface area is 184 Å². The van der Waals surface area contributed by atoms with Gasteiger partial charge in [0.25, 0.3) is 11.8 Å². The first kappa shape index (κ1) is 19.9. The third-order valence-electron chi connectivity index (χ3n) is 5.52. The lowest BCUT2D eigenvalue weighted by molar-refractivity contribution is 0.0713. The van der Waals surface area contributed by atoms with Crippen LogP contribution in [0.15, 0.2) is 59.3 Å². The van der Waals surface area contributed by atoms with E-state index >= 15 is 0 Å². The van der Waals surface area contributed by atoms with Crippen LogP contribution in [0, 0.1) is 0 Å². The second-order valence-corrected chi connectivity index (χ2v) is 7.50. The Morgan fingerprint density at radius 2 is 1.84 bits per heavy atom. The molecule has 0 radical (unpaired) electrons. The van der Waals surface area contributed by atoms with E-state index in [0.717, 1.165) is 5.56 Å². The van der Waals surface area contributed by atoms with Gasteiger partial charge >= 0.3 is 0 Å². The summed E-state index contributed by atoms with van der Waals surface area (Å²) < 4.78 is 15.9. The topological polar surface area (TPSA) is 97.1 Å². The van der Waals surface area contributed by atoms with Gasteiger partial charge in [-0.1, -0.05) is 6.07 Å². The number of piperazine rings is 1. The van der Waals surface area contributed by atoms with Crippen LogP contribution in [0.2, 0.25) is 0 Å². The molecule has 0 bridgehead atoms. The molecule has 0 spiro atoms. The summed E-state index contributed by atoms with van der Waals surface area (Å²) in [6.45, 7) is 2.76. The summed E-state index contributed by atoms with van der Waals surface area (Å²) in [4.78, 5) is 33.6. The Balaban J connectivity index is 1.23. The summed E-state index contributed by atoms with van der Waals surface area (Å²) in [5.41, 5.74) is 1.41. The highest BCUT2D eigenvalue weighted by Crippen LogP contribution is 2.32. The van der Waals surface area contributed by atoms with Crippen LogP contribution in [-0.2, 0) is 6.54 Å². The Bertz CT molecular complexity index is 1120. The molecule has 2 aliphatic rings. The standard InChI is InChI=1S/C23H22N4O5/c28-22(25-14-16-5-6-18-20(13-16)32-15-31-18)17-3-1-7-24-21(17)26-8-10-27(11-9-26)23(29)19-4-2-12-30-19/h1-7,12-13H,8-11,14-15H2,(H,25,28). The average molecular weight is 434 g/mol. The molecule has 1 saturated heterocycles. The van der Waals surface area contributed by atoms with Gasteiger partial charge in [0.2, 0.25) is 6.79 Å². The molecule has 164 valence electrons. The van der Waals surface area contributed by atoms with E-state index in [4.69, 9.17) is 13.9 Å². The van der Waals surface area contributed by atoms with Crippen molar-refractivity contribution in [2.45, 2.75) is 6.54 Å². The first-order chi connectivity index (χ1) is 15.7. The van der Waals surface area contributed by atoms with Gasteiger partial charge in [-0.05, 0) is 42.0 Å². The number of benzene rings is 1. The second-order valence-electron chi connectivity index (χ2n) is 7.50. The molecule has 2 aromatic heterocycles. The Hall–Kier alpha value is -4.01. The normalized spacial score (nSPS) is 15.0. The molecule has 2 amide bonds. The number of fused-ring (bicyclic) bond motifs is 1. The molecule has 32 heavy (non-hydrogen) atoms. The average Bonchev–Trinajstić information content (AvgIpc) is 3.54. The maximum atomic E-state index is 12.9. The minimum absolute atomic E-state index is 0.127. The van der Waals surface area contributed by atoms with Crippen molar-refractivity contribution >= 4 is 17.6 Å². The van der Waals surface area contributed by atoms with E-state index in [2.05, 4.69) is 10.3 Å². The van der Waals surface area contributed by atoms with Gasteiger partial charge in [-0.3, -0.25) is 9.59 Å². The Kier molecular flexibility index (Phi) is 5.37. The first-order valence-corrected chi connectivity index (χ1v) is 10.4. The maximum Gasteiger partial charge on any atom is 0.289 e. The van der Waals surface area contributed by atoms with Crippen LogP contribution in [0.25, 0.3) is 0 Å². The predicted molar refractivity (Wildman–Crippen MR) is 115 cm³/mol. The smallest absolute Gasteiger partial charge is 0.289 e. The molecule has 0 atom stereocenters. The molecular formula is C23H22N4O5. The molecule has 1 aromatic carbocycles. The van der Waals surface area contributed by atoms with Gasteiger partial charge in [0, 0.05) is 38.9 Å². The van der Waals surface area contributed by atoms with Crippen molar-refractivity contribution in [2.75, 3.05) is 37.9 Å². The number of nitrogens with one attached hydrogen (secondary N) is 1. The summed E-state index contributed by atoms with van der Waals surface area (Å²) in [6, 6.07) is 12.5. The lowest BCUT2D eigenvalue weighted by Crippen LogP contribution is -2.49. The molecule has 5 rings (SSSR count). The lowest BCUT2D eigenvalue weighted by atomic mass is 10.1. The fourth-order valence-electron chi connectivity index (χ4n) is 3.83. The number of carbonyl (C=O) groups is 2. The molecular weight excluding hydrogens is 412 g/mol. The van der Waals surface area contributed by atoms with Gasteiger partial charge < -0.3 is 29.0 Å². The number of hydrogen-bond donors (Lipinski definition) is 1. The first-order valence-electron chi connectivity index (χ1n) is 10.4. The van der Waals surface area contributed by atoms with E-state index in [0.29, 0.717) is 61.4 Å². The van der Waals surface area contributed by atoms with Crippen molar-refractivity contribution in [3.05, 3.63) is 71.8 Å². The van der Waals surface area contributed by atoms with Gasteiger partial charge in [-0.25, -0.2) is 4.98 Å². The maximum absolute atomic E-state index is 12.9. The number of amides is 2. The zero-order chi connectivity index (χ0) is 21.9. The van der Waals surface area contributed by atoms with Crippen LogP contribution in [0.1, 0.15) is 26.5 Å². The predicted octanol–water partition coefficient (Wildman–Crippen LogP) is 2.30. The largest absolute Gasteiger partial charge is 0.459 e. The molecule has 1 N–H and O–H groups in total. The third-order valence-corrected chi connectivity index (χ3v) is 5.52. The van der Waals surface area contributed by atoms with Crippen molar-refractivity contribution in [1.82, 2.24) is 15.2 Å². The van der Waals surface area contributed by atoms with E-state index < -0.39 is 0 Å². The summed E-state index contributed by atoms with van der Waals surface area (Å²) >= 11 is 0. The number of pyridine rings is 1. The van der Waals surface area contributed by atoms with Crippen molar-refractivity contribution in [3.63, 3.8) is 0 Å². The second kappa shape index (κ2) is 8.62. The molecule has 2 aliphatic heterocycles. The Morgan fingerprint density at radius 3 is 2.66 bits per heavy atom. The van der Waals surface area contributed by atoms with E-state index in [1.807, 2.05) is 23.1 Å². The highest BCUT2D eigenvalue weighted by Gasteiger charge is 2.26. The van der Waals surface area contributed by atoms with Gasteiger partial charge in [-0.2, -0.15) is 0 Å². The van der Waals surface area contributed by atoms with E-state index in [9.17, 15) is 9.59 Å². The molecule has 9 heteroatoms. The minimum Gasteiger partial charge on any atom is -0.459 e. The molecule has 4 heterocycles. The molecule has 0 aliphatic carbocycles. The zero-order valence-electron chi connectivity index (χ0n) is 17.3. The Morgan fingerprint density at radius 1 is 1.00 bits per heavy atom. The summed E-state index contributed by atoms with van der Waals surface area (Å²) in [7, 11) is 0. The monoisotopic (exact) mass is 434 g/mol. The fraction of sp³-hybridized carbons (Fsp3) is 0.261. The van der Waals surface area contributed by atoms with E-state index in [-0.39, 0.29) is 18.6 Å². The third kappa shape index (κ3) is 3.96. The van der Waals surface area contributed by atoms with Crippen LogP contribution in [0.3, 0.4) is 0 Å². The number of hydrogen-bond acceptors (Lipinski definition) is 7. The van der Waals surface area contributed by atoms with Crippen molar-refractivity contribution in [2.24, 2.45) is 0 Å². The lowest BCUT2D eigenvalue weighted by Gasteiger charge is -2.35. The van der Waals surface area contributed by atoms with Gasteiger partial charge in [0.1, 0.15) is 5.82 Å². The van der Waals surface area contributed by atoms with E-state index in [1.165, 1.54) is 6.26 Å². The number of furan rings is 1. The molecule has 9 nitrogen and oxygen atoms in total. The number of ether oxygens (including phenoxy) is 2. The van der Waals surface area contributed by atoms with Crippen molar-refractivity contribution in [3.8, 4) is 11.5 Å². The zero-order valence-corrected chi connectivity index (χ0v) is 17.3. The summed E-state index contributed by atoms with van der Waals surface area (Å²) in [6.07, 6.45) is 3.16. The summed E-state index contributed by atoms with van der Waals surface area (Å²) in [5, 5.41) is 2.95. The number of anilines is 1. The molecule has 0 saturated carbocycles. The number of aromatic nitrogens is 1. The van der Waals surface area contributed by atoms with Crippen molar-refractivity contribution < 1.29 is 23.5 Å². The minimum atomic E-state index is -0.208. The van der Waals surface area contributed by atoms with Gasteiger partial charge in [0.05, 0.1) is 11.8 Å². The molecule has 0 unspecified atom stereocenters. The fourth-order valence-corrected chi connectivity index (χ4v) is 3.83. The highest BCUT2D eigenvalue weighted by molar-refractivity contribution is 5.99. The molecule has 3 aromatic rings. The number of nitrogens with zero attached hydrogens (tertiary/aromatic N) is 3. The van der Waals surface area contributed by atoms with Crippen LogP contribution < -0.4 is 19.7 Å². The quantitative estimate of drug-likeness (QED) is 0.658. The number of carbonyl (C=O) groups excluding carboxylic acids is 2. The molecule has 1 fully saturated rings. The van der Waals surface area contributed by atoms with Crippen LogP contribution in [0.5, 0.6) is 11.5 Å². The van der Waals surface area contributed by atoms with Gasteiger partial charge in [0.15, 0.2) is 17.3 Å². The number of rotatable bonds is 5. The van der Waals surface area contributed by atoms with Crippen LogP contribution in [0.4, 0.5) is 5.82 Å². The highest BCUT2D eigenvalue weighted by atomic mass is 16.7. The van der Waals surface area contributed by atoms with Crippen LogP contribution >= 0.6 is 0 Å². The summed E-state index contributed by atoms with van der Waals surface area (Å²) in [5.74, 6) is 2.00. The van der Waals surface area contributed by atoms with Gasteiger partial charge in [-0.15, -0.1) is 0 Å². The van der Waals surface area contributed by atoms with E-state index in [1.54, 1.807) is 35.4 Å². The SMILES string of the molecule is O=C(NCc1ccc2c(c1)OCO2)c1cccnc1N1CCN(C(=O)c2ccco2)CC1.